The minimum absolute atomic E-state index is 0.374. The Morgan fingerprint density at radius 1 is 1.22 bits per heavy atom. The maximum absolute atomic E-state index is 5.49. The highest BCUT2D eigenvalue weighted by molar-refractivity contribution is 5.79. The predicted molar refractivity (Wildman–Crippen MR) is 100 cm³/mol. The number of fused-ring (bicyclic) bond motifs is 2. The molecule has 138 valence electrons. The molecule has 4 aromatic heterocycles. The van der Waals surface area contributed by atoms with E-state index in [1.807, 2.05) is 37.1 Å². The Kier molecular flexibility index (Phi) is 3.75. The van der Waals surface area contributed by atoms with E-state index < -0.39 is 0 Å². The number of aromatic nitrogens is 7. The van der Waals surface area contributed by atoms with Crippen LogP contribution in [0.5, 0.6) is 0 Å². The molecule has 5 heterocycles. The van der Waals surface area contributed by atoms with Gasteiger partial charge in [-0.3, -0.25) is 4.68 Å². The number of nitrogens with zero attached hydrogens (tertiary/aromatic N) is 7. The lowest BCUT2D eigenvalue weighted by Gasteiger charge is -2.20. The summed E-state index contributed by atoms with van der Waals surface area (Å²) >= 11 is 0. The van der Waals surface area contributed by atoms with Crippen LogP contribution < -0.4 is 5.32 Å². The molecule has 4 aromatic rings. The van der Waals surface area contributed by atoms with E-state index in [0.29, 0.717) is 11.9 Å². The Bertz CT molecular complexity index is 1130. The van der Waals surface area contributed by atoms with E-state index in [0.717, 1.165) is 59.7 Å². The fourth-order valence-corrected chi connectivity index (χ4v) is 3.58. The molecule has 1 N–H and O–H groups in total. The first kappa shape index (κ1) is 16.1. The second-order valence-electron chi connectivity index (χ2n) is 6.88. The molecule has 5 rings (SSSR count). The molecule has 0 atom stereocenters. The van der Waals surface area contributed by atoms with Gasteiger partial charge >= 0.3 is 0 Å². The molecule has 0 bridgehead atoms. The predicted octanol–water partition coefficient (Wildman–Crippen LogP) is 2.35. The Morgan fingerprint density at radius 3 is 2.93 bits per heavy atom. The molecule has 1 saturated heterocycles. The first-order chi connectivity index (χ1) is 13.2. The summed E-state index contributed by atoms with van der Waals surface area (Å²) in [6.07, 6.45) is 7.20. The van der Waals surface area contributed by atoms with Crippen molar-refractivity contribution in [1.82, 2.24) is 34.3 Å². The molecule has 0 saturated carbocycles. The maximum atomic E-state index is 5.49. The van der Waals surface area contributed by atoms with Gasteiger partial charge in [-0.25, -0.2) is 19.5 Å². The largest absolute Gasteiger partial charge is 0.381 e. The third-order valence-corrected chi connectivity index (χ3v) is 5.10. The Morgan fingerprint density at radius 2 is 2.07 bits per heavy atom. The Labute approximate surface area is 155 Å². The van der Waals surface area contributed by atoms with Crippen molar-refractivity contribution in [2.75, 3.05) is 18.5 Å². The highest BCUT2D eigenvalue weighted by atomic mass is 16.5. The van der Waals surface area contributed by atoms with Crippen LogP contribution in [-0.4, -0.2) is 47.6 Å². The van der Waals surface area contributed by atoms with Crippen LogP contribution in [-0.2, 0) is 11.8 Å². The standard InChI is InChI=1S/C18H20N8O/c1-11-7-15-20-10-21-26(15)9-13(11)22-18-19-8-14-17(23-18)16(24-25(14)2)12-3-5-27-6-4-12/h7-10,12H,3-6H2,1-2H3,(H,19,22,23). The van der Waals surface area contributed by atoms with Gasteiger partial charge < -0.3 is 10.1 Å². The summed E-state index contributed by atoms with van der Waals surface area (Å²) in [5.41, 5.74) is 5.62. The summed E-state index contributed by atoms with van der Waals surface area (Å²) in [7, 11) is 1.93. The first-order valence-electron chi connectivity index (χ1n) is 9.03. The van der Waals surface area contributed by atoms with Gasteiger partial charge in [0.1, 0.15) is 17.4 Å². The number of hydrogen-bond donors (Lipinski definition) is 1. The van der Waals surface area contributed by atoms with Crippen molar-refractivity contribution in [3.05, 3.63) is 36.0 Å². The van der Waals surface area contributed by atoms with Crippen molar-refractivity contribution in [3.8, 4) is 0 Å². The molecule has 1 aliphatic rings. The number of anilines is 2. The van der Waals surface area contributed by atoms with Crippen LogP contribution >= 0.6 is 0 Å². The minimum atomic E-state index is 0.374. The van der Waals surface area contributed by atoms with Crippen LogP contribution in [0.3, 0.4) is 0 Å². The summed E-state index contributed by atoms with van der Waals surface area (Å²) in [6, 6.07) is 1.98. The Balaban J connectivity index is 1.54. The van der Waals surface area contributed by atoms with Crippen molar-refractivity contribution >= 4 is 28.3 Å². The smallest absolute Gasteiger partial charge is 0.227 e. The van der Waals surface area contributed by atoms with Crippen molar-refractivity contribution in [1.29, 1.82) is 0 Å². The molecule has 9 heteroatoms. The van der Waals surface area contributed by atoms with Gasteiger partial charge in [0.15, 0.2) is 5.65 Å². The van der Waals surface area contributed by atoms with Crippen LogP contribution in [0.2, 0.25) is 0 Å². The van der Waals surface area contributed by atoms with Crippen LogP contribution in [0.1, 0.15) is 30.0 Å². The lowest BCUT2D eigenvalue weighted by Crippen LogP contribution is -2.15. The molecule has 0 radical (unpaired) electrons. The number of nitrogens with one attached hydrogen (secondary N) is 1. The van der Waals surface area contributed by atoms with Crippen molar-refractivity contribution in [2.45, 2.75) is 25.7 Å². The zero-order chi connectivity index (χ0) is 18.4. The molecule has 1 fully saturated rings. The zero-order valence-electron chi connectivity index (χ0n) is 15.3. The molecule has 0 aromatic carbocycles. The maximum Gasteiger partial charge on any atom is 0.227 e. The molecular weight excluding hydrogens is 344 g/mol. The highest BCUT2D eigenvalue weighted by Gasteiger charge is 2.23. The lowest BCUT2D eigenvalue weighted by molar-refractivity contribution is 0.0846. The van der Waals surface area contributed by atoms with E-state index in [1.165, 1.54) is 6.33 Å². The van der Waals surface area contributed by atoms with Crippen LogP contribution in [0, 0.1) is 6.92 Å². The van der Waals surface area contributed by atoms with Gasteiger partial charge in [-0.05, 0) is 31.4 Å². The fraction of sp³-hybridized carbons (Fsp3) is 0.389. The number of pyridine rings is 1. The van der Waals surface area contributed by atoms with Gasteiger partial charge in [0.25, 0.3) is 0 Å². The monoisotopic (exact) mass is 364 g/mol. The molecule has 0 amide bonds. The van der Waals surface area contributed by atoms with Gasteiger partial charge in [-0.15, -0.1) is 0 Å². The second kappa shape index (κ2) is 6.27. The molecule has 9 nitrogen and oxygen atoms in total. The fourth-order valence-electron chi connectivity index (χ4n) is 3.58. The number of aryl methyl sites for hydroxylation is 2. The molecule has 27 heavy (non-hydrogen) atoms. The molecule has 0 spiro atoms. The van der Waals surface area contributed by atoms with Crippen molar-refractivity contribution < 1.29 is 4.74 Å². The van der Waals surface area contributed by atoms with Crippen LogP contribution in [0.4, 0.5) is 11.6 Å². The van der Waals surface area contributed by atoms with Gasteiger partial charge in [-0.1, -0.05) is 0 Å². The average Bonchev–Trinajstić information content (AvgIpc) is 3.26. The van der Waals surface area contributed by atoms with E-state index in [9.17, 15) is 0 Å². The van der Waals surface area contributed by atoms with E-state index >= 15 is 0 Å². The Hall–Kier alpha value is -3.07. The van der Waals surface area contributed by atoms with Crippen LogP contribution in [0.15, 0.2) is 24.8 Å². The quantitative estimate of drug-likeness (QED) is 0.596. The normalized spacial score (nSPS) is 15.6. The van der Waals surface area contributed by atoms with Gasteiger partial charge in [0, 0.05) is 26.2 Å². The summed E-state index contributed by atoms with van der Waals surface area (Å²) in [6.45, 7) is 3.57. The summed E-state index contributed by atoms with van der Waals surface area (Å²) < 4.78 is 9.08. The van der Waals surface area contributed by atoms with E-state index in [-0.39, 0.29) is 0 Å². The topological polar surface area (TPSA) is 95.1 Å². The molecular formula is C18H20N8O. The third-order valence-electron chi connectivity index (χ3n) is 5.10. The zero-order valence-corrected chi connectivity index (χ0v) is 15.3. The third kappa shape index (κ3) is 2.80. The number of hydrogen-bond acceptors (Lipinski definition) is 7. The highest BCUT2D eigenvalue weighted by Crippen LogP contribution is 2.31. The average molecular weight is 364 g/mol. The summed E-state index contributed by atoms with van der Waals surface area (Å²) in [5.74, 6) is 0.921. The van der Waals surface area contributed by atoms with Gasteiger partial charge in [0.05, 0.1) is 23.8 Å². The van der Waals surface area contributed by atoms with E-state index in [2.05, 4.69) is 20.4 Å². The van der Waals surface area contributed by atoms with Gasteiger partial charge in [-0.2, -0.15) is 10.2 Å². The van der Waals surface area contributed by atoms with Crippen molar-refractivity contribution in [2.24, 2.45) is 7.05 Å². The van der Waals surface area contributed by atoms with Crippen LogP contribution in [0.25, 0.3) is 16.7 Å². The van der Waals surface area contributed by atoms with Gasteiger partial charge in [0.2, 0.25) is 5.95 Å². The SMILES string of the molecule is Cc1cc2ncnn2cc1Nc1ncc2c(n1)c(C1CCOCC1)nn2C. The molecule has 0 unspecified atom stereocenters. The number of rotatable bonds is 3. The van der Waals surface area contributed by atoms with Crippen molar-refractivity contribution in [3.63, 3.8) is 0 Å². The summed E-state index contributed by atoms with van der Waals surface area (Å²) in [4.78, 5) is 13.5. The number of ether oxygens (including phenoxy) is 1. The lowest BCUT2D eigenvalue weighted by atomic mass is 9.96. The van der Waals surface area contributed by atoms with E-state index in [4.69, 9.17) is 14.8 Å². The summed E-state index contributed by atoms with van der Waals surface area (Å²) in [5, 5.41) is 12.2. The first-order valence-corrected chi connectivity index (χ1v) is 9.03. The molecule has 1 aliphatic heterocycles. The minimum Gasteiger partial charge on any atom is -0.381 e. The van der Waals surface area contributed by atoms with E-state index in [1.54, 1.807) is 4.52 Å². The second-order valence-corrected chi connectivity index (χ2v) is 6.88. The molecule has 0 aliphatic carbocycles.